The Morgan fingerprint density at radius 2 is 1.93 bits per heavy atom. The second-order valence-corrected chi connectivity index (χ2v) is 7.65. The first-order chi connectivity index (χ1) is 12.5. The highest BCUT2D eigenvalue weighted by atomic mass is 35.5. The zero-order valence-corrected chi connectivity index (χ0v) is 15.2. The molecule has 12 heteroatoms. The fourth-order valence-corrected chi connectivity index (χ4v) is 3.13. The number of halogens is 3. The molecule has 0 radical (unpaired) electrons. The van der Waals surface area contributed by atoms with Crippen molar-refractivity contribution in [2.45, 2.75) is 0 Å². The Kier molecular flexibility index (Phi) is 5.96. The van der Waals surface area contributed by atoms with Gasteiger partial charge in [0.2, 0.25) is 15.9 Å². The fraction of sp³-hybridized carbons (Fsp3) is 0.133. The monoisotopic (exact) mass is 419 g/mol. The SMILES string of the molecule is CS(=O)(=O)N(CC(=O)Nc1cc([N+](=O)[O-])ccc1Cl)c1ccc(F)cc1F. The summed E-state index contributed by atoms with van der Waals surface area (Å²) in [7, 11) is -4.10. The normalized spacial score (nSPS) is 11.1. The van der Waals surface area contributed by atoms with Gasteiger partial charge in [-0.3, -0.25) is 19.2 Å². The molecule has 0 saturated carbocycles. The van der Waals surface area contributed by atoms with Gasteiger partial charge in [-0.1, -0.05) is 11.6 Å². The van der Waals surface area contributed by atoms with E-state index in [1.165, 1.54) is 6.07 Å². The molecule has 1 N–H and O–H groups in total. The van der Waals surface area contributed by atoms with Gasteiger partial charge in [0, 0.05) is 18.2 Å². The smallest absolute Gasteiger partial charge is 0.271 e. The molecule has 0 aliphatic rings. The van der Waals surface area contributed by atoms with Crippen molar-refractivity contribution in [2.24, 2.45) is 0 Å². The van der Waals surface area contributed by atoms with Crippen molar-refractivity contribution in [3.8, 4) is 0 Å². The summed E-state index contributed by atoms with van der Waals surface area (Å²) in [5.41, 5.74) is -0.998. The van der Waals surface area contributed by atoms with Crippen molar-refractivity contribution in [3.63, 3.8) is 0 Å². The largest absolute Gasteiger partial charge is 0.323 e. The molecule has 144 valence electrons. The number of nitrogens with zero attached hydrogens (tertiary/aromatic N) is 2. The zero-order valence-electron chi connectivity index (χ0n) is 13.6. The van der Waals surface area contributed by atoms with Gasteiger partial charge in [-0.15, -0.1) is 0 Å². The summed E-state index contributed by atoms with van der Waals surface area (Å²) in [4.78, 5) is 22.3. The van der Waals surface area contributed by atoms with E-state index in [4.69, 9.17) is 11.6 Å². The highest BCUT2D eigenvalue weighted by Crippen LogP contribution is 2.27. The number of hydrogen-bond acceptors (Lipinski definition) is 5. The van der Waals surface area contributed by atoms with E-state index in [0.717, 1.165) is 30.5 Å². The summed E-state index contributed by atoms with van der Waals surface area (Å²) in [6, 6.07) is 5.48. The first-order valence-electron chi connectivity index (χ1n) is 7.15. The van der Waals surface area contributed by atoms with Crippen molar-refractivity contribution >= 4 is 44.6 Å². The van der Waals surface area contributed by atoms with Gasteiger partial charge < -0.3 is 5.32 Å². The molecule has 0 aliphatic carbocycles. The van der Waals surface area contributed by atoms with Crippen molar-refractivity contribution in [1.82, 2.24) is 0 Å². The standard InChI is InChI=1S/C15H12ClF2N3O5S/c1-27(25,26)20(14-5-2-9(17)6-12(14)18)8-15(22)19-13-7-10(21(23)24)3-4-11(13)16/h2-7H,8H2,1H3,(H,19,22). The van der Waals surface area contributed by atoms with E-state index < -0.39 is 44.7 Å². The van der Waals surface area contributed by atoms with Gasteiger partial charge in [0.15, 0.2) is 0 Å². The minimum absolute atomic E-state index is 0.0205. The Morgan fingerprint density at radius 3 is 2.48 bits per heavy atom. The minimum Gasteiger partial charge on any atom is -0.323 e. The molecule has 2 aromatic carbocycles. The second kappa shape index (κ2) is 7.84. The third kappa shape index (κ3) is 5.11. The van der Waals surface area contributed by atoms with Crippen LogP contribution in [0.15, 0.2) is 36.4 Å². The number of amides is 1. The maximum Gasteiger partial charge on any atom is 0.271 e. The molecule has 8 nitrogen and oxygen atoms in total. The number of carbonyl (C=O) groups is 1. The summed E-state index contributed by atoms with van der Waals surface area (Å²) in [6.07, 6.45) is 0.739. The van der Waals surface area contributed by atoms with Gasteiger partial charge in [0.05, 0.1) is 27.6 Å². The highest BCUT2D eigenvalue weighted by molar-refractivity contribution is 7.92. The first-order valence-corrected chi connectivity index (χ1v) is 9.38. The van der Waals surface area contributed by atoms with Gasteiger partial charge in [0.1, 0.15) is 18.2 Å². The molecule has 0 aliphatic heterocycles. The number of non-ortho nitro benzene ring substituents is 1. The number of nitro groups is 1. The van der Waals surface area contributed by atoms with Crippen LogP contribution in [0.3, 0.4) is 0 Å². The quantitative estimate of drug-likeness (QED) is 0.571. The average Bonchev–Trinajstić information content (AvgIpc) is 2.54. The Labute approximate surface area is 157 Å². The molecular formula is C15H12ClF2N3O5S. The van der Waals surface area contributed by atoms with Crippen LogP contribution in [0.4, 0.5) is 25.8 Å². The number of nitro benzene ring substituents is 1. The summed E-state index contributed by atoms with van der Waals surface area (Å²) in [5, 5.41) is 13.0. The third-order valence-corrected chi connectivity index (χ3v) is 4.76. The topological polar surface area (TPSA) is 110 Å². The first kappa shape index (κ1) is 20.5. The van der Waals surface area contributed by atoms with Crippen molar-refractivity contribution < 1.29 is 26.9 Å². The molecule has 27 heavy (non-hydrogen) atoms. The Balaban J connectivity index is 2.30. The number of rotatable bonds is 6. The lowest BCUT2D eigenvalue weighted by Crippen LogP contribution is -2.38. The summed E-state index contributed by atoms with van der Waals surface area (Å²) in [5.74, 6) is -3.04. The molecule has 0 unspecified atom stereocenters. The van der Waals surface area contributed by atoms with Gasteiger partial charge in [-0.05, 0) is 18.2 Å². The van der Waals surface area contributed by atoms with Gasteiger partial charge in [-0.25, -0.2) is 17.2 Å². The molecule has 0 aromatic heterocycles. The second-order valence-electron chi connectivity index (χ2n) is 5.33. The molecule has 2 rings (SSSR count). The van der Waals surface area contributed by atoms with Crippen LogP contribution in [-0.2, 0) is 14.8 Å². The molecular weight excluding hydrogens is 408 g/mol. The van der Waals surface area contributed by atoms with E-state index in [1.807, 2.05) is 0 Å². The molecule has 0 saturated heterocycles. The van der Waals surface area contributed by atoms with Crippen LogP contribution in [0.25, 0.3) is 0 Å². The number of anilines is 2. The molecule has 0 spiro atoms. The van der Waals surface area contributed by atoms with Crippen LogP contribution >= 0.6 is 11.6 Å². The van der Waals surface area contributed by atoms with Crippen molar-refractivity contribution in [2.75, 3.05) is 22.4 Å². The number of hydrogen-bond donors (Lipinski definition) is 1. The van der Waals surface area contributed by atoms with E-state index in [2.05, 4.69) is 5.32 Å². The predicted molar refractivity (Wildman–Crippen MR) is 95.3 cm³/mol. The lowest BCUT2D eigenvalue weighted by Gasteiger charge is -2.22. The van der Waals surface area contributed by atoms with E-state index >= 15 is 0 Å². The van der Waals surface area contributed by atoms with E-state index in [-0.39, 0.29) is 16.4 Å². The molecule has 0 bridgehead atoms. The van der Waals surface area contributed by atoms with Crippen LogP contribution in [0.2, 0.25) is 5.02 Å². The van der Waals surface area contributed by atoms with E-state index in [9.17, 15) is 32.1 Å². The van der Waals surface area contributed by atoms with Crippen molar-refractivity contribution in [1.29, 1.82) is 0 Å². The summed E-state index contributed by atoms with van der Waals surface area (Å²) >= 11 is 5.86. The van der Waals surface area contributed by atoms with Crippen LogP contribution in [-0.4, -0.2) is 32.0 Å². The fourth-order valence-electron chi connectivity index (χ4n) is 2.11. The lowest BCUT2D eigenvalue weighted by atomic mass is 10.2. The lowest BCUT2D eigenvalue weighted by molar-refractivity contribution is -0.384. The zero-order chi connectivity index (χ0) is 20.4. The van der Waals surface area contributed by atoms with E-state index in [1.54, 1.807) is 0 Å². The average molecular weight is 420 g/mol. The van der Waals surface area contributed by atoms with Crippen LogP contribution < -0.4 is 9.62 Å². The number of carbonyl (C=O) groups excluding carboxylic acids is 1. The van der Waals surface area contributed by atoms with Crippen LogP contribution in [0.1, 0.15) is 0 Å². The molecule has 0 atom stereocenters. The maximum absolute atomic E-state index is 13.9. The molecule has 0 heterocycles. The molecule has 0 fully saturated rings. The number of benzene rings is 2. The number of sulfonamides is 1. The summed E-state index contributed by atoms with van der Waals surface area (Å²) in [6.45, 7) is -0.861. The van der Waals surface area contributed by atoms with Crippen molar-refractivity contribution in [3.05, 3.63) is 63.2 Å². The van der Waals surface area contributed by atoms with Gasteiger partial charge >= 0.3 is 0 Å². The van der Waals surface area contributed by atoms with Gasteiger partial charge in [0.25, 0.3) is 5.69 Å². The molecule has 2 aromatic rings. The Morgan fingerprint density at radius 1 is 1.26 bits per heavy atom. The maximum atomic E-state index is 13.9. The Hall–Kier alpha value is -2.79. The number of nitrogens with one attached hydrogen (secondary N) is 1. The van der Waals surface area contributed by atoms with E-state index in [0.29, 0.717) is 10.4 Å². The molecule has 1 amide bonds. The third-order valence-electron chi connectivity index (χ3n) is 3.30. The predicted octanol–water partition coefficient (Wildman–Crippen LogP) is 2.93. The van der Waals surface area contributed by atoms with Crippen LogP contribution in [0, 0.1) is 21.7 Å². The highest BCUT2D eigenvalue weighted by Gasteiger charge is 2.24. The minimum atomic E-state index is -4.10. The van der Waals surface area contributed by atoms with Crippen LogP contribution in [0.5, 0.6) is 0 Å². The van der Waals surface area contributed by atoms with Gasteiger partial charge in [-0.2, -0.15) is 0 Å². The summed E-state index contributed by atoms with van der Waals surface area (Å²) < 4.78 is 51.3. The Bertz CT molecular complexity index is 1020.